The molecule has 0 atom stereocenters. The maximum absolute atomic E-state index is 5.85. The summed E-state index contributed by atoms with van der Waals surface area (Å²) in [7, 11) is 0. The first-order chi connectivity index (χ1) is 45.3. The number of hydrogen-bond donors (Lipinski definition) is 0. The van der Waals surface area contributed by atoms with Gasteiger partial charge in [0.1, 0.15) is 0 Å². The van der Waals surface area contributed by atoms with Crippen LogP contribution in [0.25, 0.3) is 155 Å². The number of aromatic nitrogens is 4. The van der Waals surface area contributed by atoms with Gasteiger partial charge < -0.3 is 9.13 Å². The molecule has 0 N–H and O–H groups in total. The van der Waals surface area contributed by atoms with Gasteiger partial charge in [0.25, 0.3) is 6.71 Å². The SMILES string of the molecule is CC(C)(C)c1ccc(-c2cc3c4c(c2)c2cc(-c5ccccc5)ccc2n4-c2cc(-c4nc(-c5cc(-c6ccccc6)cc(-c6ccccc6)c5)c5ccccc5n4)cc4c2B3c2cc(-c3ccc(C(C)(C)C)cc3)cc3c5cc(-c6ccccc6)ccc5n-4c23)cc1. The van der Waals surface area contributed by atoms with Crippen LogP contribution in [0.1, 0.15) is 52.7 Å². The van der Waals surface area contributed by atoms with Crippen LogP contribution in [0.5, 0.6) is 0 Å². The number of nitrogens with zero attached hydrogens (tertiary/aromatic N) is 4. The largest absolute Gasteiger partial charge is 0.310 e. The van der Waals surface area contributed by atoms with Gasteiger partial charge in [-0.05, 0) is 178 Å². The predicted molar refractivity (Wildman–Crippen MR) is 394 cm³/mol. The van der Waals surface area contributed by atoms with E-state index in [1.54, 1.807) is 0 Å². The lowest BCUT2D eigenvalue weighted by Crippen LogP contribution is -2.59. The number of fused-ring (bicyclic) bond motifs is 11. The molecule has 0 saturated carbocycles. The molecule has 5 heterocycles. The Morgan fingerprint density at radius 1 is 0.280 bits per heavy atom. The standard InChI is InChI=1S/C88H65BN4/c1-87(2,3)68-37-31-58(32-38-68)64-48-73-71-46-60(54-21-11-7-12-22-54)35-41-78(71)92-80-52-67(86-90-77-30-20-19-29-70(77)83(91-86)66-44-62(56-25-15-9-16-26-56)43-63(45-66)57-27-17-10-18-28-57)53-81-82(80)89(75(50-64)84(73)92)76-51-65(59-33-39-69(40-34-59)88(4,5)6)49-74-72-47-61(55-23-13-8-14-24-55)36-42-79(72)93(81)85(74)76/h7-53H,1-6H3. The molecule has 5 heteroatoms. The minimum absolute atomic E-state index is 0.0133. The molecule has 4 nitrogen and oxygen atoms in total. The summed E-state index contributed by atoms with van der Waals surface area (Å²) in [5, 5.41) is 5.89. The van der Waals surface area contributed by atoms with E-state index in [9.17, 15) is 0 Å². The molecule has 2 aliphatic heterocycles. The summed E-state index contributed by atoms with van der Waals surface area (Å²) < 4.78 is 5.21. The second kappa shape index (κ2) is 20.7. The molecule has 0 spiro atoms. The van der Waals surface area contributed by atoms with Gasteiger partial charge in [0.05, 0.1) is 22.2 Å². The second-order valence-corrected chi connectivity index (χ2v) is 27.7. The quantitative estimate of drug-likeness (QED) is 0.142. The molecule has 0 saturated heterocycles. The second-order valence-electron chi connectivity index (χ2n) is 27.7. The van der Waals surface area contributed by atoms with Crippen molar-refractivity contribution in [2.45, 2.75) is 52.4 Å². The third-order valence-corrected chi connectivity index (χ3v) is 20.0. The minimum atomic E-state index is -0.169. The van der Waals surface area contributed by atoms with Crippen molar-refractivity contribution in [2.75, 3.05) is 0 Å². The highest BCUT2D eigenvalue weighted by atomic mass is 15.0. The van der Waals surface area contributed by atoms with Gasteiger partial charge in [-0.15, -0.1) is 0 Å². The third-order valence-electron chi connectivity index (χ3n) is 20.0. The van der Waals surface area contributed by atoms with Crippen LogP contribution in [0.2, 0.25) is 0 Å². The van der Waals surface area contributed by atoms with Crippen molar-refractivity contribution >= 4 is 77.6 Å². The molecule has 93 heavy (non-hydrogen) atoms. The molecule has 0 radical (unpaired) electrons. The van der Waals surface area contributed by atoms with E-state index >= 15 is 0 Å². The molecule has 0 unspecified atom stereocenters. The first-order valence-electron chi connectivity index (χ1n) is 32.6. The maximum atomic E-state index is 5.85. The Hall–Kier alpha value is -11.1. The van der Waals surface area contributed by atoms with Crippen molar-refractivity contribution in [1.82, 2.24) is 19.1 Å². The van der Waals surface area contributed by atoms with Crippen LogP contribution in [0.4, 0.5) is 0 Å². The van der Waals surface area contributed by atoms with Gasteiger partial charge in [0.15, 0.2) is 5.82 Å². The zero-order valence-electron chi connectivity index (χ0n) is 53.0. The lowest BCUT2D eigenvalue weighted by atomic mass is 9.34. The highest BCUT2D eigenvalue weighted by Crippen LogP contribution is 2.46. The number of para-hydroxylation sites is 1. The zero-order chi connectivity index (χ0) is 62.4. The van der Waals surface area contributed by atoms with Gasteiger partial charge in [-0.3, -0.25) is 0 Å². The molecular weight excluding hydrogens is 1120 g/mol. The summed E-state index contributed by atoms with van der Waals surface area (Å²) in [6.45, 7) is 13.6. The van der Waals surface area contributed by atoms with Crippen molar-refractivity contribution in [2.24, 2.45) is 0 Å². The van der Waals surface area contributed by atoms with Crippen LogP contribution < -0.4 is 16.4 Å². The van der Waals surface area contributed by atoms with E-state index in [0.717, 1.165) is 72.4 Å². The molecule has 0 fully saturated rings. The number of hydrogen-bond acceptors (Lipinski definition) is 2. The van der Waals surface area contributed by atoms with Crippen LogP contribution >= 0.6 is 0 Å². The van der Waals surface area contributed by atoms with Gasteiger partial charge in [-0.2, -0.15) is 0 Å². The topological polar surface area (TPSA) is 35.6 Å². The Morgan fingerprint density at radius 3 is 1.09 bits per heavy atom. The molecule has 440 valence electrons. The Bertz CT molecular complexity index is 5410. The highest BCUT2D eigenvalue weighted by molar-refractivity contribution is 7.00. The summed E-state index contributed by atoms with van der Waals surface area (Å²) in [5.74, 6) is 0.670. The fourth-order valence-electron chi connectivity index (χ4n) is 15.3. The molecular formula is C88H65BN4. The third kappa shape index (κ3) is 8.89. The minimum Gasteiger partial charge on any atom is -0.310 e. The fraction of sp³-hybridized carbons (Fsp3) is 0.0909. The average molecular weight is 1190 g/mol. The highest BCUT2D eigenvalue weighted by Gasteiger charge is 2.42. The summed E-state index contributed by atoms with van der Waals surface area (Å²) >= 11 is 0. The van der Waals surface area contributed by atoms with Crippen LogP contribution in [-0.2, 0) is 10.8 Å². The van der Waals surface area contributed by atoms with E-state index in [2.05, 4.69) is 336 Å². The van der Waals surface area contributed by atoms with Crippen molar-refractivity contribution in [3.63, 3.8) is 0 Å². The van der Waals surface area contributed by atoms with Gasteiger partial charge in [-0.1, -0.05) is 254 Å². The van der Waals surface area contributed by atoms with E-state index in [4.69, 9.17) is 9.97 Å². The Kier molecular flexibility index (Phi) is 12.2. The summed E-state index contributed by atoms with van der Waals surface area (Å²) in [4.78, 5) is 11.5. The fourth-order valence-corrected chi connectivity index (χ4v) is 15.3. The Balaban J connectivity index is 0.969. The lowest BCUT2D eigenvalue weighted by Gasteiger charge is -2.34. The van der Waals surface area contributed by atoms with Crippen molar-refractivity contribution in [3.8, 4) is 101 Å². The van der Waals surface area contributed by atoms with Gasteiger partial charge in [0.2, 0.25) is 0 Å². The molecule has 3 aromatic heterocycles. The maximum Gasteiger partial charge on any atom is 0.252 e. The lowest BCUT2D eigenvalue weighted by molar-refractivity contribution is 0.590. The molecule has 18 rings (SSSR count). The van der Waals surface area contributed by atoms with E-state index < -0.39 is 0 Å². The molecule has 13 aromatic carbocycles. The smallest absolute Gasteiger partial charge is 0.252 e. The number of benzene rings is 13. The van der Waals surface area contributed by atoms with Crippen molar-refractivity contribution in [3.05, 3.63) is 296 Å². The zero-order valence-corrected chi connectivity index (χ0v) is 53.0. The Labute approximate surface area is 542 Å². The molecule has 2 aliphatic rings. The normalized spacial score (nSPS) is 12.6. The average Bonchev–Trinajstić information content (AvgIpc) is 1.32. The first kappa shape index (κ1) is 54.8. The summed E-state index contributed by atoms with van der Waals surface area (Å²) in [5.41, 5.74) is 31.4. The molecule has 16 aromatic rings. The van der Waals surface area contributed by atoms with E-state index in [1.807, 2.05) is 0 Å². The molecule has 0 amide bonds. The molecule has 0 aliphatic carbocycles. The Morgan fingerprint density at radius 2 is 0.645 bits per heavy atom. The van der Waals surface area contributed by atoms with Crippen LogP contribution in [0.3, 0.4) is 0 Å². The van der Waals surface area contributed by atoms with Crippen LogP contribution in [0.15, 0.2) is 285 Å². The summed E-state index contributed by atoms with van der Waals surface area (Å²) in [6.07, 6.45) is 0. The van der Waals surface area contributed by atoms with Gasteiger partial charge >= 0.3 is 0 Å². The van der Waals surface area contributed by atoms with E-state index in [1.165, 1.54) is 105 Å². The van der Waals surface area contributed by atoms with Gasteiger partial charge in [-0.25, -0.2) is 9.97 Å². The predicted octanol–water partition coefficient (Wildman–Crippen LogP) is 20.9. The van der Waals surface area contributed by atoms with E-state index in [-0.39, 0.29) is 17.5 Å². The van der Waals surface area contributed by atoms with Crippen LogP contribution in [-0.4, -0.2) is 25.8 Å². The first-order valence-corrected chi connectivity index (χ1v) is 32.6. The van der Waals surface area contributed by atoms with E-state index in [0.29, 0.717) is 5.82 Å². The summed E-state index contributed by atoms with van der Waals surface area (Å²) in [6, 6.07) is 107. The van der Waals surface area contributed by atoms with Crippen molar-refractivity contribution in [1.29, 1.82) is 0 Å². The van der Waals surface area contributed by atoms with Crippen LogP contribution in [0, 0.1) is 0 Å². The molecule has 0 bridgehead atoms. The van der Waals surface area contributed by atoms with Gasteiger partial charge in [0, 0.05) is 60.5 Å². The van der Waals surface area contributed by atoms with Crippen molar-refractivity contribution < 1.29 is 0 Å². The monoisotopic (exact) mass is 1190 g/mol. The number of rotatable bonds is 8.